The maximum Gasteiger partial charge on any atom is 0.357 e. The van der Waals surface area contributed by atoms with E-state index < -0.39 is 19.0 Å². The zero-order valence-corrected chi connectivity index (χ0v) is 11.7. The first kappa shape index (κ1) is 15.7. The number of aromatic nitrogens is 2. The SMILES string of the molecule is COC(=O)c1nc(CCOCC(F)F)nc2c1CNCC2. The summed E-state index contributed by atoms with van der Waals surface area (Å²) >= 11 is 0. The molecule has 0 aliphatic carbocycles. The van der Waals surface area contributed by atoms with Crippen LogP contribution in [-0.4, -0.2) is 49.2 Å². The minimum Gasteiger partial charge on any atom is -0.464 e. The normalized spacial score (nSPS) is 14.1. The van der Waals surface area contributed by atoms with Gasteiger partial charge in [0.15, 0.2) is 5.69 Å². The highest BCUT2D eigenvalue weighted by atomic mass is 19.3. The van der Waals surface area contributed by atoms with Crippen LogP contribution in [0.2, 0.25) is 0 Å². The molecule has 21 heavy (non-hydrogen) atoms. The van der Waals surface area contributed by atoms with E-state index in [1.807, 2.05) is 0 Å². The van der Waals surface area contributed by atoms with E-state index in [0.29, 0.717) is 18.8 Å². The number of carbonyl (C=O) groups is 1. The van der Waals surface area contributed by atoms with Gasteiger partial charge in [-0.15, -0.1) is 0 Å². The highest BCUT2D eigenvalue weighted by molar-refractivity contribution is 5.89. The van der Waals surface area contributed by atoms with Crippen molar-refractivity contribution in [1.29, 1.82) is 0 Å². The molecule has 0 saturated carbocycles. The molecule has 1 aromatic rings. The molecular formula is C13H17F2N3O3. The molecule has 6 nitrogen and oxygen atoms in total. The number of hydrogen-bond donors (Lipinski definition) is 1. The van der Waals surface area contributed by atoms with Crippen LogP contribution in [0.5, 0.6) is 0 Å². The Hall–Kier alpha value is -1.67. The van der Waals surface area contributed by atoms with Crippen LogP contribution < -0.4 is 5.32 Å². The summed E-state index contributed by atoms with van der Waals surface area (Å²) in [5.74, 6) is -0.114. The van der Waals surface area contributed by atoms with E-state index in [9.17, 15) is 13.6 Å². The Balaban J connectivity index is 2.13. The van der Waals surface area contributed by atoms with Gasteiger partial charge in [0.2, 0.25) is 0 Å². The summed E-state index contributed by atoms with van der Waals surface area (Å²) in [6.45, 7) is 0.759. The molecule has 0 atom stereocenters. The maximum absolute atomic E-state index is 12.0. The summed E-state index contributed by atoms with van der Waals surface area (Å²) in [5, 5.41) is 3.15. The van der Waals surface area contributed by atoms with Gasteiger partial charge in [-0.05, 0) is 0 Å². The van der Waals surface area contributed by atoms with Crippen molar-refractivity contribution in [3.05, 3.63) is 22.8 Å². The molecule has 0 radical (unpaired) electrons. The van der Waals surface area contributed by atoms with Crippen molar-refractivity contribution in [2.45, 2.75) is 25.8 Å². The van der Waals surface area contributed by atoms with Crippen molar-refractivity contribution in [3.8, 4) is 0 Å². The van der Waals surface area contributed by atoms with Crippen LogP contribution in [0.15, 0.2) is 0 Å². The lowest BCUT2D eigenvalue weighted by Crippen LogP contribution is -2.29. The number of esters is 1. The first-order chi connectivity index (χ1) is 10.1. The van der Waals surface area contributed by atoms with Gasteiger partial charge in [0.1, 0.15) is 12.4 Å². The average molecular weight is 301 g/mol. The Morgan fingerprint density at radius 3 is 2.95 bits per heavy atom. The van der Waals surface area contributed by atoms with Crippen LogP contribution in [0, 0.1) is 0 Å². The number of carbonyl (C=O) groups excluding carboxylic acids is 1. The molecule has 8 heteroatoms. The fourth-order valence-corrected chi connectivity index (χ4v) is 2.11. The first-order valence-corrected chi connectivity index (χ1v) is 6.65. The van der Waals surface area contributed by atoms with Crippen LogP contribution in [0.4, 0.5) is 8.78 Å². The van der Waals surface area contributed by atoms with Crippen LogP contribution in [0.25, 0.3) is 0 Å². The van der Waals surface area contributed by atoms with Crippen molar-refractivity contribution in [2.75, 3.05) is 26.9 Å². The summed E-state index contributed by atoms with van der Waals surface area (Å²) in [4.78, 5) is 20.3. The summed E-state index contributed by atoms with van der Waals surface area (Å²) in [6.07, 6.45) is -1.53. The Morgan fingerprint density at radius 1 is 1.43 bits per heavy atom. The second kappa shape index (κ2) is 7.37. The van der Waals surface area contributed by atoms with Crippen molar-refractivity contribution in [2.24, 2.45) is 0 Å². The number of nitrogens with one attached hydrogen (secondary N) is 1. The minimum absolute atomic E-state index is 0.0853. The van der Waals surface area contributed by atoms with Gasteiger partial charge in [-0.3, -0.25) is 0 Å². The summed E-state index contributed by atoms with van der Waals surface area (Å²) in [7, 11) is 1.29. The number of hydrogen-bond acceptors (Lipinski definition) is 6. The Labute approximate surface area is 120 Å². The lowest BCUT2D eigenvalue weighted by atomic mass is 10.0. The van der Waals surface area contributed by atoms with E-state index in [2.05, 4.69) is 15.3 Å². The average Bonchev–Trinajstić information content (AvgIpc) is 2.49. The summed E-state index contributed by atoms with van der Waals surface area (Å²) < 4.78 is 33.5. The highest BCUT2D eigenvalue weighted by Gasteiger charge is 2.22. The van der Waals surface area contributed by atoms with Crippen LogP contribution in [-0.2, 0) is 28.9 Å². The third-order valence-corrected chi connectivity index (χ3v) is 3.07. The molecule has 0 unspecified atom stereocenters. The molecule has 1 aliphatic heterocycles. The lowest BCUT2D eigenvalue weighted by molar-refractivity contribution is 0.0182. The van der Waals surface area contributed by atoms with Gasteiger partial charge < -0.3 is 14.8 Å². The van der Waals surface area contributed by atoms with Gasteiger partial charge in [0, 0.05) is 31.5 Å². The standard InChI is InChI=1S/C13H17F2N3O3/c1-20-13(19)12-8-6-16-4-2-9(8)17-11(18-12)3-5-21-7-10(14)15/h10,16H,2-7H2,1H3. The molecule has 0 fully saturated rings. The predicted octanol–water partition coefficient (Wildman–Crippen LogP) is 0.733. The number of halogens is 2. The molecule has 1 N–H and O–H groups in total. The monoisotopic (exact) mass is 301 g/mol. The number of nitrogens with zero attached hydrogens (tertiary/aromatic N) is 2. The third kappa shape index (κ3) is 4.15. The number of alkyl halides is 2. The quantitative estimate of drug-likeness (QED) is 0.617. The van der Waals surface area contributed by atoms with Gasteiger partial charge in [-0.2, -0.15) is 0 Å². The zero-order valence-electron chi connectivity index (χ0n) is 11.7. The second-order valence-corrected chi connectivity index (χ2v) is 4.55. The van der Waals surface area contributed by atoms with E-state index in [-0.39, 0.29) is 18.7 Å². The van der Waals surface area contributed by atoms with Crippen LogP contribution >= 0.6 is 0 Å². The molecule has 1 aliphatic rings. The molecule has 2 heterocycles. The van der Waals surface area contributed by atoms with Gasteiger partial charge >= 0.3 is 5.97 Å². The van der Waals surface area contributed by atoms with E-state index >= 15 is 0 Å². The maximum atomic E-state index is 12.0. The molecule has 0 aromatic carbocycles. The molecule has 116 valence electrons. The van der Waals surface area contributed by atoms with Gasteiger partial charge in [-0.25, -0.2) is 23.5 Å². The fourth-order valence-electron chi connectivity index (χ4n) is 2.11. The van der Waals surface area contributed by atoms with Crippen LogP contribution in [0.3, 0.4) is 0 Å². The Kier molecular flexibility index (Phi) is 5.51. The second-order valence-electron chi connectivity index (χ2n) is 4.55. The molecular weight excluding hydrogens is 284 g/mol. The highest BCUT2D eigenvalue weighted by Crippen LogP contribution is 2.17. The minimum atomic E-state index is -2.49. The molecule has 0 bridgehead atoms. The van der Waals surface area contributed by atoms with E-state index in [0.717, 1.165) is 17.8 Å². The zero-order chi connectivity index (χ0) is 15.2. The first-order valence-electron chi connectivity index (χ1n) is 6.65. The Bertz CT molecular complexity index is 512. The van der Waals surface area contributed by atoms with E-state index in [1.165, 1.54) is 7.11 Å². The number of ether oxygens (including phenoxy) is 2. The van der Waals surface area contributed by atoms with E-state index in [4.69, 9.17) is 9.47 Å². The molecule has 1 aromatic heterocycles. The summed E-state index contributed by atoms with van der Waals surface area (Å²) in [6, 6.07) is 0. The summed E-state index contributed by atoms with van der Waals surface area (Å²) in [5.41, 5.74) is 1.77. The van der Waals surface area contributed by atoms with Crippen molar-refractivity contribution < 1.29 is 23.0 Å². The van der Waals surface area contributed by atoms with Gasteiger partial charge in [0.25, 0.3) is 6.43 Å². The van der Waals surface area contributed by atoms with E-state index in [1.54, 1.807) is 0 Å². The van der Waals surface area contributed by atoms with Crippen LogP contribution in [0.1, 0.15) is 27.6 Å². The third-order valence-electron chi connectivity index (χ3n) is 3.07. The fraction of sp³-hybridized carbons (Fsp3) is 0.615. The van der Waals surface area contributed by atoms with Crippen molar-refractivity contribution >= 4 is 5.97 Å². The van der Waals surface area contributed by atoms with Crippen molar-refractivity contribution in [1.82, 2.24) is 15.3 Å². The molecule has 0 saturated heterocycles. The van der Waals surface area contributed by atoms with Crippen molar-refractivity contribution in [3.63, 3.8) is 0 Å². The topological polar surface area (TPSA) is 73.3 Å². The van der Waals surface area contributed by atoms with Gasteiger partial charge in [-0.1, -0.05) is 0 Å². The predicted molar refractivity (Wildman–Crippen MR) is 69.3 cm³/mol. The van der Waals surface area contributed by atoms with Gasteiger partial charge in [0.05, 0.1) is 19.4 Å². The number of methoxy groups -OCH3 is 1. The molecule has 2 rings (SSSR count). The number of fused-ring (bicyclic) bond motifs is 1. The molecule has 0 amide bonds. The molecule has 0 spiro atoms. The smallest absolute Gasteiger partial charge is 0.357 e. The lowest BCUT2D eigenvalue weighted by Gasteiger charge is -2.19. The largest absolute Gasteiger partial charge is 0.464 e. The Morgan fingerprint density at radius 2 is 2.24 bits per heavy atom. The number of rotatable bonds is 6.